The van der Waals surface area contributed by atoms with Crippen LogP contribution in [0.4, 0.5) is 0 Å². The van der Waals surface area contributed by atoms with Gasteiger partial charge in [-0.15, -0.1) is 24.8 Å². The van der Waals surface area contributed by atoms with Crippen LogP contribution < -0.4 is 16.4 Å². The van der Waals surface area contributed by atoms with Crippen LogP contribution in [0, 0.1) is 0 Å². The van der Waals surface area contributed by atoms with Crippen molar-refractivity contribution in [2.45, 2.75) is 18.9 Å². The van der Waals surface area contributed by atoms with E-state index in [2.05, 4.69) is 15.5 Å². The zero-order chi connectivity index (χ0) is 17.9. The monoisotopic (exact) mass is 420 g/mol. The normalized spacial score (nSPS) is 15.0. The summed E-state index contributed by atoms with van der Waals surface area (Å²) in [5.41, 5.74) is 6.35. The summed E-state index contributed by atoms with van der Waals surface area (Å²) in [5.74, 6) is -0.503. The summed E-state index contributed by atoms with van der Waals surface area (Å²) in [5, 5.41) is 5.62. The predicted molar refractivity (Wildman–Crippen MR) is 111 cm³/mol. The van der Waals surface area contributed by atoms with E-state index in [0.717, 1.165) is 44.8 Å². The number of rotatable bonds is 9. The summed E-state index contributed by atoms with van der Waals surface area (Å²) < 4.78 is 5.32. The molecule has 27 heavy (non-hydrogen) atoms. The molecule has 0 radical (unpaired) electrons. The maximum atomic E-state index is 12.4. The predicted octanol–water partition coefficient (Wildman–Crippen LogP) is 0.355. The van der Waals surface area contributed by atoms with Crippen molar-refractivity contribution in [3.8, 4) is 0 Å². The topological polar surface area (TPSA) is 96.7 Å². The summed E-state index contributed by atoms with van der Waals surface area (Å²) in [6.07, 6.45) is 1.32. The zero-order valence-electron chi connectivity index (χ0n) is 15.4. The fourth-order valence-electron chi connectivity index (χ4n) is 2.77. The highest BCUT2D eigenvalue weighted by Gasteiger charge is 2.20. The molecule has 0 saturated carbocycles. The van der Waals surface area contributed by atoms with E-state index in [4.69, 9.17) is 10.5 Å². The van der Waals surface area contributed by atoms with E-state index in [9.17, 15) is 9.59 Å². The van der Waals surface area contributed by atoms with Gasteiger partial charge in [0.05, 0.1) is 19.8 Å². The molecule has 2 amide bonds. The van der Waals surface area contributed by atoms with Crippen LogP contribution in [-0.4, -0.2) is 68.7 Å². The van der Waals surface area contributed by atoms with Gasteiger partial charge in [-0.2, -0.15) is 0 Å². The van der Waals surface area contributed by atoms with Gasteiger partial charge in [-0.1, -0.05) is 30.3 Å². The summed E-state index contributed by atoms with van der Waals surface area (Å²) in [6.45, 7) is 4.82. The molecular weight excluding hydrogens is 391 g/mol. The number of benzene rings is 1. The average molecular weight is 421 g/mol. The third-order valence-corrected chi connectivity index (χ3v) is 4.17. The minimum absolute atomic E-state index is 0. The van der Waals surface area contributed by atoms with Crippen molar-refractivity contribution < 1.29 is 14.3 Å². The van der Waals surface area contributed by atoms with Crippen molar-refractivity contribution in [1.82, 2.24) is 15.5 Å². The lowest BCUT2D eigenvalue weighted by atomic mass is 10.1. The van der Waals surface area contributed by atoms with Crippen LogP contribution in [0.2, 0.25) is 0 Å². The molecule has 1 aromatic rings. The Hall–Kier alpha value is -1.38. The number of carbonyl (C=O) groups is 2. The van der Waals surface area contributed by atoms with Gasteiger partial charge in [-0.05, 0) is 18.5 Å². The Bertz CT molecular complexity index is 543. The number of ether oxygens (including phenoxy) is 1. The summed E-state index contributed by atoms with van der Waals surface area (Å²) >= 11 is 0. The number of amides is 2. The highest BCUT2D eigenvalue weighted by molar-refractivity contribution is 5.88. The Morgan fingerprint density at radius 1 is 1.15 bits per heavy atom. The third kappa shape index (κ3) is 9.93. The molecule has 1 aromatic carbocycles. The second-order valence-corrected chi connectivity index (χ2v) is 6.11. The van der Waals surface area contributed by atoms with Crippen molar-refractivity contribution >= 4 is 36.6 Å². The maximum absolute atomic E-state index is 12.4. The lowest BCUT2D eigenvalue weighted by Crippen LogP contribution is -2.50. The molecule has 7 nitrogen and oxygen atoms in total. The van der Waals surface area contributed by atoms with Gasteiger partial charge in [0.25, 0.3) is 0 Å². The van der Waals surface area contributed by atoms with Crippen LogP contribution in [0.25, 0.3) is 0 Å². The highest BCUT2D eigenvalue weighted by atomic mass is 35.5. The van der Waals surface area contributed by atoms with Gasteiger partial charge in [-0.3, -0.25) is 14.5 Å². The molecule has 4 N–H and O–H groups in total. The minimum atomic E-state index is -0.609. The first-order valence-electron chi connectivity index (χ1n) is 8.80. The molecule has 0 unspecified atom stereocenters. The molecule has 1 aliphatic rings. The smallest absolute Gasteiger partial charge is 0.242 e. The van der Waals surface area contributed by atoms with Crippen molar-refractivity contribution in [1.29, 1.82) is 0 Å². The first-order chi connectivity index (χ1) is 12.2. The van der Waals surface area contributed by atoms with E-state index in [0.29, 0.717) is 13.0 Å². The Balaban J connectivity index is 0.00000338. The second-order valence-electron chi connectivity index (χ2n) is 6.11. The molecule has 1 heterocycles. The number of halogens is 2. The highest BCUT2D eigenvalue weighted by Crippen LogP contribution is 2.04. The molecule has 0 aromatic heterocycles. The van der Waals surface area contributed by atoms with Gasteiger partial charge in [0.2, 0.25) is 11.8 Å². The first-order valence-corrected chi connectivity index (χ1v) is 8.80. The number of nitrogens with two attached hydrogens (primary N) is 1. The van der Waals surface area contributed by atoms with Crippen LogP contribution >= 0.6 is 24.8 Å². The molecule has 9 heteroatoms. The van der Waals surface area contributed by atoms with E-state index in [1.54, 1.807) is 0 Å². The molecule has 0 aliphatic carbocycles. The lowest BCUT2D eigenvalue weighted by molar-refractivity contribution is -0.128. The van der Waals surface area contributed by atoms with Crippen LogP contribution in [0.5, 0.6) is 0 Å². The molecule has 2 rings (SSSR count). The van der Waals surface area contributed by atoms with Crippen molar-refractivity contribution in [3.63, 3.8) is 0 Å². The van der Waals surface area contributed by atoms with E-state index in [1.807, 2.05) is 30.3 Å². The Kier molecular flexibility index (Phi) is 13.9. The van der Waals surface area contributed by atoms with Crippen LogP contribution in [0.15, 0.2) is 30.3 Å². The minimum Gasteiger partial charge on any atom is -0.379 e. The summed E-state index contributed by atoms with van der Waals surface area (Å²) in [4.78, 5) is 26.4. The van der Waals surface area contributed by atoms with E-state index < -0.39 is 6.04 Å². The van der Waals surface area contributed by atoms with Gasteiger partial charge in [0.1, 0.15) is 6.04 Å². The van der Waals surface area contributed by atoms with Gasteiger partial charge >= 0.3 is 0 Å². The quantitative estimate of drug-likeness (QED) is 0.501. The zero-order valence-corrected chi connectivity index (χ0v) is 17.0. The Morgan fingerprint density at radius 2 is 1.81 bits per heavy atom. The van der Waals surface area contributed by atoms with Gasteiger partial charge in [0, 0.05) is 26.1 Å². The second kappa shape index (κ2) is 14.6. The molecule has 0 bridgehead atoms. The lowest BCUT2D eigenvalue weighted by Gasteiger charge is -2.26. The van der Waals surface area contributed by atoms with Crippen LogP contribution in [0.1, 0.15) is 12.0 Å². The Labute approximate surface area is 173 Å². The molecule has 1 atom stereocenters. The van der Waals surface area contributed by atoms with Gasteiger partial charge < -0.3 is 21.1 Å². The molecular formula is C18H30Cl2N4O3. The fourth-order valence-corrected chi connectivity index (χ4v) is 2.77. The van der Waals surface area contributed by atoms with Crippen LogP contribution in [-0.2, 0) is 20.7 Å². The maximum Gasteiger partial charge on any atom is 0.242 e. The fraction of sp³-hybridized carbons (Fsp3) is 0.556. The number of hydrogen-bond donors (Lipinski definition) is 3. The molecule has 0 spiro atoms. The Morgan fingerprint density at radius 3 is 2.44 bits per heavy atom. The van der Waals surface area contributed by atoms with Gasteiger partial charge in [0.15, 0.2) is 0 Å². The van der Waals surface area contributed by atoms with E-state index in [-0.39, 0.29) is 43.2 Å². The van der Waals surface area contributed by atoms with Crippen LogP contribution in [0.3, 0.4) is 0 Å². The third-order valence-electron chi connectivity index (χ3n) is 4.17. The largest absolute Gasteiger partial charge is 0.379 e. The molecule has 1 aliphatic heterocycles. The standard InChI is InChI=1S/C18H28N4O3.2ClH/c19-14-17(23)21-16(13-15-5-2-1-3-6-15)18(24)20-7-4-8-22-9-11-25-12-10-22;;/h1-3,5-6,16H,4,7-14,19H2,(H,20,24)(H,21,23);2*1H/t16-;;/m1../s1. The summed E-state index contributed by atoms with van der Waals surface area (Å²) in [6, 6.07) is 9.01. The first kappa shape index (κ1) is 25.6. The number of nitrogens with zero attached hydrogens (tertiary/aromatic N) is 1. The number of hydrogen-bond acceptors (Lipinski definition) is 5. The van der Waals surface area contributed by atoms with E-state index in [1.165, 1.54) is 0 Å². The SMILES string of the molecule is Cl.Cl.NCC(=O)N[C@H](Cc1ccccc1)C(=O)NCCCN1CCOCC1. The van der Waals surface area contributed by atoms with Crippen molar-refractivity contribution in [2.24, 2.45) is 5.73 Å². The summed E-state index contributed by atoms with van der Waals surface area (Å²) in [7, 11) is 0. The van der Waals surface area contributed by atoms with Crippen molar-refractivity contribution in [3.05, 3.63) is 35.9 Å². The number of nitrogens with one attached hydrogen (secondary N) is 2. The van der Waals surface area contributed by atoms with E-state index >= 15 is 0 Å². The molecule has 154 valence electrons. The molecule has 1 saturated heterocycles. The molecule has 1 fully saturated rings. The number of morpholine rings is 1. The number of carbonyl (C=O) groups excluding carboxylic acids is 2. The van der Waals surface area contributed by atoms with Crippen molar-refractivity contribution in [2.75, 3.05) is 45.9 Å². The average Bonchev–Trinajstić information content (AvgIpc) is 2.66. The van der Waals surface area contributed by atoms with Gasteiger partial charge in [-0.25, -0.2) is 0 Å².